The van der Waals surface area contributed by atoms with Crippen LogP contribution < -0.4 is 14.2 Å². The Morgan fingerprint density at radius 2 is 1.76 bits per heavy atom. The first-order chi connectivity index (χ1) is 13.8. The van der Waals surface area contributed by atoms with Crippen molar-refractivity contribution in [2.24, 2.45) is 0 Å². The van der Waals surface area contributed by atoms with Crippen molar-refractivity contribution in [3.63, 3.8) is 0 Å². The Morgan fingerprint density at radius 1 is 1.07 bits per heavy atom. The van der Waals surface area contributed by atoms with Crippen LogP contribution in [0.4, 0.5) is 0 Å². The van der Waals surface area contributed by atoms with Crippen LogP contribution in [-0.2, 0) is 19.6 Å². The summed E-state index contributed by atoms with van der Waals surface area (Å²) >= 11 is 0. The molecule has 2 atom stereocenters. The molecule has 1 aromatic rings. The second-order valence-electron chi connectivity index (χ2n) is 7.57. The minimum Gasteiger partial charge on any atom is -0.486 e. The average Bonchev–Trinajstić information content (AvgIpc) is 2.69. The van der Waals surface area contributed by atoms with Gasteiger partial charge in [0.1, 0.15) is 13.2 Å². The van der Waals surface area contributed by atoms with Crippen molar-refractivity contribution < 1.29 is 27.4 Å². The molecule has 1 amide bonds. The van der Waals surface area contributed by atoms with Gasteiger partial charge in [0.05, 0.1) is 17.1 Å². The van der Waals surface area contributed by atoms with E-state index in [1.54, 1.807) is 6.07 Å². The monoisotopic (exact) mass is 426 g/mol. The van der Waals surface area contributed by atoms with Gasteiger partial charge in [-0.15, -0.1) is 0 Å². The fourth-order valence-corrected chi connectivity index (χ4v) is 4.69. The third-order valence-electron chi connectivity index (χ3n) is 4.96. The first-order valence-corrected chi connectivity index (χ1v) is 11.7. The minimum atomic E-state index is -3.60. The maximum atomic E-state index is 12.4. The van der Waals surface area contributed by atoms with Gasteiger partial charge in [-0.25, -0.2) is 13.1 Å². The van der Waals surface area contributed by atoms with E-state index in [-0.39, 0.29) is 23.0 Å². The van der Waals surface area contributed by atoms with Gasteiger partial charge in [0.15, 0.2) is 11.5 Å². The van der Waals surface area contributed by atoms with Crippen molar-refractivity contribution in [1.29, 1.82) is 0 Å². The number of fused-ring (bicyclic) bond motifs is 1. The highest BCUT2D eigenvalue weighted by Gasteiger charge is 2.25. The molecule has 8 nitrogen and oxygen atoms in total. The Morgan fingerprint density at radius 3 is 2.48 bits per heavy atom. The van der Waals surface area contributed by atoms with E-state index in [1.807, 2.05) is 18.7 Å². The highest BCUT2D eigenvalue weighted by molar-refractivity contribution is 7.89. The Balaban J connectivity index is 1.37. The standard InChI is InChI=1S/C20H30N2O6S/c1-15-13-22(14-16(2)28-15)20(23)6-4-3-5-9-21-29(24,25)17-7-8-18-19(12-17)27-11-10-26-18/h7-8,12,15-16,21H,3-6,9-11,13-14H2,1-2H3. The van der Waals surface area contributed by atoms with E-state index >= 15 is 0 Å². The fraction of sp³-hybridized carbons (Fsp3) is 0.650. The zero-order valence-corrected chi connectivity index (χ0v) is 17.9. The summed E-state index contributed by atoms with van der Waals surface area (Å²) in [5, 5.41) is 0. The number of nitrogens with one attached hydrogen (secondary N) is 1. The average molecular weight is 427 g/mol. The van der Waals surface area contributed by atoms with Gasteiger partial charge in [-0.1, -0.05) is 6.42 Å². The number of ether oxygens (including phenoxy) is 3. The van der Waals surface area contributed by atoms with E-state index in [0.717, 1.165) is 12.8 Å². The second kappa shape index (κ2) is 9.77. The summed E-state index contributed by atoms with van der Waals surface area (Å²) in [4.78, 5) is 14.3. The molecule has 2 aliphatic rings. The number of morpholine rings is 1. The summed E-state index contributed by atoms with van der Waals surface area (Å²) in [5.74, 6) is 1.15. The molecule has 3 rings (SSSR count). The number of hydrogen-bond acceptors (Lipinski definition) is 6. The normalized spacial score (nSPS) is 21.8. The van der Waals surface area contributed by atoms with Crippen LogP contribution in [-0.4, -0.2) is 64.3 Å². The predicted molar refractivity (Wildman–Crippen MR) is 108 cm³/mol. The Labute approximate surface area is 172 Å². The Hall–Kier alpha value is -1.84. The van der Waals surface area contributed by atoms with Crippen molar-refractivity contribution in [3.8, 4) is 11.5 Å². The van der Waals surface area contributed by atoms with Gasteiger partial charge in [0.2, 0.25) is 15.9 Å². The maximum Gasteiger partial charge on any atom is 0.240 e. The molecule has 2 unspecified atom stereocenters. The SMILES string of the molecule is CC1CN(C(=O)CCCCCNS(=O)(=O)c2ccc3c(c2)OCCO3)CC(C)O1. The second-order valence-corrected chi connectivity index (χ2v) is 9.34. The zero-order chi connectivity index (χ0) is 20.9. The molecule has 9 heteroatoms. The van der Waals surface area contributed by atoms with Crippen LogP contribution in [0.5, 0.6) is 11.5 Å². The first-order valence-electron chi connectivity index (χ1n) is 10.2. The molecule has 0 radical (unpaired) electrons. The van der Waals surface area contributed by atoms with Gasteiger partial charge in [-0.3, -0.25) is 4.79 Å². The van der Waals surface area contributed by atoms with Crippen LogP contribution in [0, 0.1) is 0 Å². The van der Waals surface area contributed by atoms with Crippen LogP contribution >= 0.6 is 0 Å². The maximum absolute atomic E-state index is 12.4. The number of rotatable bonds is 8. The number of nitrogens with zero attached hydrogens (tertiary/aromatic N) is 1. The predicted octanol–water partition coefficient (Wildman–Crippen LogP) is 1.93. The molecule has 0 spiro atoms. The topological polar surface area (TPSA) is 94.2 Å². The molecule has 1 fully saturated rings. The van der Waals surface area contributed by atoms with Gasteiger partial charge in [0, 0.05) is 32.1 Å². The molecule has 1 saturated heterocycles. The van der Waals surface area contributed by atoms with Gasteiger partial charge in [-0.05, 0) is 38.8 Å². The summed E-state index contributed by atoms with van der Waals surface area (Å²) in [5.41, 5.74) is 0. The van der Waals surface area contributed by atoms with Crippen molar-refractivity contribution in [2.75, 3.05) is 32.8 Å². The van der Waals surface area contributed by atoms with Crippen LogP contribution in [0.15, 0.2) is 23.1 Å². The van der Waals surface area contributed by atoms with E-state index < -0.39 is 10.0 Å². The molecule has 162 valence electrons. The van der Waals surface area contributed by atoms with E-state index in [1.165, 1.54) is 12.1 Å². The van der Waals surface area contributed by atoms with Crippen LogP contribution in [0.3, 0.4) is 0 Å². The summed E-state index contributed by atoms with van der Waals surface area (Å²) in [6.45, 7) is 6.43. The van der Waals surface area contributed by atoms with E-state index in [0.29, 0.717) is 57.2 Å². The van der Waals surface area contributed by atoms with Crippen LogP contribution in [0.1, 0.15) is 39.5 Å². The lowest BCUT2D eigenvalue weighted by molar-refractivity contribution is -0.143. The summed E-state index contributed by atoms with van der Waals surface area (Å²) < 4.78 is 44.0. The molecule has 1 aromatic carbocycles. The molecule has 2 heterocycles. The lowest BCUT2D eigenvalue weighted by atomic mass is 10.1. The highest BCUT2D eigenvalue weighted by Crippen LogP contribution is 2.32. The Kier molecular flexibility index (Phi) is 7.37. The quantitative estimate of drug-likeness (QED) is 0.639. The number of amides is 1. The molecule has 0 aliphatic carbocycles. The van der Waals surface area contributed by atoms with Crippen molar-refractivity contribution in [1.82, 2.24) is 9.62 Å². The zero-order valence-electron chi connectivity index (χ0n) is 17.1. The lowest BCUT2D eigenvalue weighted by Crippen LogP contribution is -2.48. The summed E-state index contributed by atoms with van der Waals surface area (Å²) in [7, 11) is -3.60. The third kappa shape index (κ3) is 6.07. The van der Waals surface area contributed by atoms with Crippen molar-refractivity contribution in [2.45, 2.75) is 56.6 Å². The summed E-state index contributed by atoms with van der Waals surface area (Å²) in [6.07, 6.45) is 2.81. The number of carbonyl (C=O) groups excluding carboxylic acids is 1. The number of benzene rings is 1. The third-order valence-corrected chi connectivity index (χ3v) is 6.41. The van der Waals surface area contributed by atoms with Crippen molar-refractivity contribution >= 4 is 15.9 Å². The molecule has 1 N–H and O–H groups in total. The molecule has 29 heavy (non-hydrogen) atoms. The number of carbonyl (C=O) groups is 1. The number of sulfonamides is 1. The van der Waals surface area contributed by atoms with E-state index in [9.17, 15) is 13.2 Å². The summed E-state index contributed by atoms with van der Waals surface area (Å²) in [6, 6.07) is 4.61. The van der Waals surface area contributed by atoms with Crippen molar-refractivity contribution in [3.05, 3.63) is 18.2 Å². The molecule has 2 aliphatic heterocycles. The van der Waals surface area contributed by atoms with Crippen LogP contribution in [0.2, 0.25) is 0 Å². The number of unbranched alkanes of at least 4 members (excludes halogenated alkanes) is 2. The first kappa shape index (κ1) is 21.9. The van der Waals surface area contributed by atoms with Gasteiger partial charge < -0.3 is 19.1 Å². The molecular formula is C20H30N2O6S. The largest absolute Gasteiger partial charge is 0.486 e. The Bertz CT molecular complexity index is 803. The minimum absolute atomic E-state index is 0.0673. The molecule has 0 saturated carbocycles. The number of hydrogen-bond donors (Lipinski definition) is 1. The van der Waals surface area contributed by atoms with Gasteiger partial charge in [0.25, 0.3) is 0 Å². The highest BCUT2D eigenvalue weighted by atomic mass is 32.2. The molecule has 0 bridgehead atoms. The van der Waals surface area contributed by atoms with E-state index in [4.69, 9.17) is 14.2 Å². The van der Waals surface area contributed by atoms with Gasteiger partial charge >= 0.3 is 0 Å². The van der Waals surface area contributed by atoms with Crippen LogP contribution in [0.25, 0.3) is 0 Å². The molecule has 0 aromatic heterocycles. The smallest absolute Gasteiger partial charge is 0.240 e. The fourth-order valence-electron chi connectivity index (χ4n) is 3.60. The van der Waals surface area contributed by atoms with E-state index in [2.05, 4.69) is 4.72 Å². The van der Waals surface area contributed by atoms with Gasteiger partial charge in [-0.2, -0.15) is 0 Å². The molecular weight excluding hydrogens is 396 g/mol. The lowest BCUT2D eigenvalue weighted by Gasteiger charge is -2.35.